The molecule has 2 heterocycles. The van der Waals surface area contributed by atoms with E-state index in [0.717, 1.165) is 30.6 Å². The Hall–Kier alpha value is -1.04. The molecule has 5 nitrogen and oxygen atoms in total. The molecule has 2 aliphatic rings. The summed E-state index contributed by atoms with van der Waals surface area (Å²) in [6.07, 6.45) is 3.67. The molecule has 1 aliphatic carbocycles. The van der Waals surface area contributed by atoms with Crippen molar-refractivity contribution in [3.63, 3.8) is 0 Å². The summed E-state index contributed by atoms with van der Waals surface area (Å²) < 4.78 is 2.19. The molecule has 1 saturated carbocycles. The van der Waals surface area contributed by atoms with Crippen LogP contribution in [0.25, 0.3) is 0 Å². The molecule has 2 fully saturated rings. The number of aromatic nitrogens is 3. The van der Waals surface area contributed by atoms with Crippen molar-refractivity contribution in [2.75, 3.05) is 13.1 Å². The van der Waals surface area contributed by atoms with Gasteiger partial charge < -0.3 is 9.47 Å². The molecule has 3 atom stereocenters. The van der Waals surface area contributed by atoms with Gasteiger partial charge in [0.1, 0.15) is 5.82 Å². The summed E-state index contributed by atoms with van der Waals surface area (Å²) in [7, 11) is 0. The molecule has 1 aliphatic heterocycles. The Balaban J connectivity index is 1.66. The molecule has 1 saturated heterocycles. The minimum atomic E-state index is -0.103. The van der Waals surface area contributed by atoms with Crippen LogP contribution in [-0.2, 0) is 11.3 Å². The van der Waals surface area contributed by atoms with E-state index in [4.69, 9.17) is 0 Å². The zero-order valence-corrected chi connectivity index (χ0v) is 15.5. The van der Waals surface area contributed by atoms with Crippen molar-refractivity contribution in [3.05, 3.63) is 5.82 Å². The van der Waals surface area contributed by atoms with Crippen molar-refractivity contribution in [2.45, 2.75) is 69.8 Å². The fourth-order valence-electron chi connectivity index (χ4n) is 3.64. The van der Waals surface area contributed by atoms with Crippen LogP contribution in [0.15, 0.2) is 5.16 Å². The maximum absolute atomic E-state index is 12.8. The Morgan fingerprint density at radius 1 is 1.26 bits per heavy atom. The predicted octanol–water partition coefficient (Wildman–Crippen LogP) is 3.16. The first-order valence-corrected chi connectivity index (χ1v) is 9.76. The molecule has 0 spiro atoms. The molecule has 3 rings (SSSR count). The maximum Gasteiger partial charge on any atom is 0.235 e. The number of nitrogens with zero attached hydrogens (tertiary/aromatic N) is 4. The molecule has 6 heteroatoms. The Morgan fingerprint density at radius 2 is 1.91 bits per heavy atom. The average Bonchev–Trinajstić information content (AvgIpc) is 3.27. The van der Waals surface area contributed by atoms with Crippen molar-refractivity contribution >= 4 is 17.7 Å². The van der Waals surface area contributed by atoms with E-state index in [1.54, 1.807) is 11.8 Å². The van der Waals surface area contributed by atoms with Crippen LogP contribution in [0, 0.1) is 11.8 Å². The topological polar surface area (TPSA) is 51.0 Å². The van der Waals surface area contributed by atoms with Gasteiger partial charge >= 0.3 is 0 Å². The lowest BCUT2D eigenvalue weighted by molar-refractivity contribution is -0.132. The van der Waals surface area contributed by atoms with Gasteiger partial charge in [-0.05, 0) is 44.9 Å². The summed E-state index contributed by atoms with van der Waals surface area (Å²) in [5.74, 6) is 3.13. The lowest BCUT2D eigenvalue weighted by Crippen LogP contribution is -2.45. The Labute approximate surface area is 143 Å². The highest BCUT2D eigenvalue weighted by atomic mass is 32.2. The second kappa shape index (κ2) is 6.83. The molecule has 3 unspecified atom stereocenters. The van der Waals surface area contributed by atoms with E-state index in [1.165, 1.54) is 19.3 Å². The van der Waals surface area contributed by atoms with Crippen LogP contribution in [0.1, 0.15) is 58.7 Å². The third kappa shape index (κ3) is 3.73. The highest BCUT2D eigenvalue weighted by Gasteiger charge is 2.32. The summed E-state index contributed by atoms with van der Waals surface area (Å²) >= 11 is 1.56. The summed E-state index contributed by atoms with van der Waals surface area (Å²) in [6, 6.07) is 0. The molecular formula is C17H28N4OS. The van der Waals surface area contributed by atoms with E-state index >= 15 is 0 Å². The molecule has 1 amide bonds. The first-order chi connectivity index (χ1) is 11.0. The Bertz CT molecular complexity index is 559. The van der Waals surface area contributed by atoms with Crippen molar-refractivity contribution in [3.8, 4) is 0 Å². The number of hydrogen-bond donors (Lipinski definition) is 0. The minimum absolute atomic E-state index is 0.103. The summed E-state index contributed by atoms with van der Waals surface area (Å²) in [6.45, 7) is 11.3. The summed E-state index contributed by atoms with van der Waals surface area (Å²) in [5.41, 5.74) is 0. The zero-order chi connectivity index (χ0) is 16.6. The van der Waals surface area contributed by atoms with Crippen LogP contribution in [0.3, 0.4) is 0 Å². The van der Waals surface area contributed by atoms with Gasteiger partial charge in [0.15, 0.2) is 5.16 Å². The van der Waals surface area contributed by atoms with Crippen molar-refractivity contribution in [1.82, 2.24) is 19.7 Å². The molecule has 0 N–H and O–H groups in total. The lowest BCUT2D eigenvalue weighted by atomic mass is 9.92. The van der Waals surface area contributed by atoms with Gasteiger partial charge in [-0.3, -0.25) is 4.79 Å². The molecular weight excluding hydrogens is 308 g/mol. The number of piperidine rings is 1. The van der Waals surface area contributed by atoms with Gasteiger partial charge in [0.25, 0.3) is 0 Å². The number of carbonyl (C=O) groups is 1. The van der Waals surface area contributed by atoms with Gasteiger partial charge in [-0.2, -0.15) is 0 Å². The Morgan fingerprint density at radius 3 is 2.48 bits per heavy atom. The second-order valence-corrected chi connectivity index (χ2v) is 8.62. The molecule has 0 aromatic carbocycles. The number of likely N-dealkylation sites (tertiary alicyclic amines) is 1. The van der Waals surface area contributed by atoms with E-state index in [0.29, 0.717) is 17.8 Å². The predicted molar refractivity (Wildman–Crippen MR) is 92.5 cm³/mol. The molecule has 0 bridgehead atoms. The Kier molecular flexibility index (Phi) is 4.99. The van der Waals surface area contributed by atoms with Gasteiger partial charge in [-0.15, -0.1) is 10.2 Å². The van der Waals surface area contributed by atoms with Crippen LogP contribution >= 0.6 is 11.8 Å². The second-order valence-electron chi connectivity index (χ2n) is 7.31. The highest BCUT2D eigenvalue weighted by molar-refractivity contribution is 8.00. The van der Waals surface area contributed by atoms with Gasteiger partial charge in [0.2, 0.25) is 5.91 Å². The maximum atomic E-state index is 12.8. The first kappa shape index (κ1) is 16.8. The van der Waals surface area contributed by atoms with Crippen molar-refractivity contribution in [2.24, 2.45) is 11.8 Å². The van der Waals surface area contributed by atoms with Crippen LogP contribution < -0.4 is 0 Å². The van der Waals surface area contributed by atoms with Crippen LogP contribution in [0.2, 0.25) is 0 Å². The largest absolute Gasteiger partial charge is 0.341 e. The number of hydrogen-bond acceptors (Lipinski definition) is 4. The summed E-state index contributed by atoms with van der Waals surface area (Å²) in [5, 5.41) is 9.51. The van der Waals surface area contributed by atoms with E-state index < -0.39 is 0 Å². The van der Waals surface area contributed by atoms with Gasteiger partial charge in [-0.1, -0.05) is 25.6 Å². The number of carbonyl (C=O) groups excluding carboxylic acids is 1. The molecule has 128 valence electrons. The van der Waals surface area contributed by atoms with Crippen molar-refractivity contribution in [1.29, 1.82) is 0 Å². The van der Waals surface area contributed by atoms with Gasteiger partial charge in [0.05, 0.1) is 5.25 Å². The van der Waals surface area contributed by atoms with Crippen LogP contribution in [0.4, 0.5) is 0 Å². The molecule has 1 aromatic rings. The fraction of sp³-hybridized carbons (Fsp3) is 0.824. The standard InChI is InChI=1S/C17H28N4OS/c1-5-21-15(14-6-7-14)18-19-17(21)23-13(4)16(22)20-9-11(2)8-12(3)10-20/h11-14H,5-10H2,1-4H3. The van der Waals surface area contributed by atoms with Gasteiger partial charge in [-0.25, -0.2) is 0 Å². The van der Waals surface area contributed by atoms with Gasteiger partial charge in [0, 0.05) is 25.6 Å². The monoisotopic (exact) mass is 336 g/mol. The van der Waals surface area contributed by atoms with E-state index in [-0.39, 0.29) is 11.2 Å². The number of thioether (sulfide) groups is 1. The normalized spacial score (nSPS) is 26.3. The first-order valence-electron chi connectivity index (χ1n) is 8.88. The molecule has 1 aromatic heterocycles. The highest BCUT2D eigenvalue weighted by Crippen LogP contribution is 2.40. The molecule has 0 radical (unpaired) electrons. The quantitative estimate of drug-likeness (QED) is 0.775. The third-order valence-electron chi connectivity index (χ3n) is 4.81. The summed E-state index contributed by atoms with van der Waals surface area (Å²) in [4.78, 5) is 14.8. The molecule has 23 heavy (non-hydrogen) atoms. The number of rotatable bonds is 5. The van der Waals surface area contributed by atoms with E-state index in [9.17, 15) is 4.79 Å². The zero-order valence-electron chi connectivity index (χ0n) is 14.7. The minimum Gasteiger partial charge on any atom is -0.341 e. The third-order valence-corrected chi connectivity index (χ3v) is 5.88. The fourth-order valence-corrected chi connectivity index (χ4v) is 4.64. The van der Waals surface area contributed by atoms with Crippen molar-refractivity contribution < 1.29 is 4.79 Å². The number of amides is 1. The SMILES string of the molecule is CCn1c(SC(C)C(=O)N2CC(C)CC(C)C2)nnc1C1CC1. The van der Waals surface area contributed by atoms with Crippen LogP contribution in [0.5, 0.6) is 0 Å². The lowest BCUT2D eigenvalue weighted by Gasteiger charge is -2.36. The van der Waals surface area contributed by atoms with E-state index in [2.05, 4.69) is 35.5 Å². The van der Waals surface area contributed by atoms with E-state index in [1.807, 2.05) is 11.8 Å². The average molecular weight is 337 g/mol. The van der Waals surface area contributed by atoms with Crippen LogP contribution in [-0.4, -0.2) is 43.9 Å². The smallest absolute Gasteiger partial charge is 0.235 e.